The second-order valence-electron chi connectivity index (χ2n) is 15.8. The van der Waals surface area contributed by atoms with Crippen molar-refractivity contribution in [1.82, 2.24) is 0 Å². The maximum Gasteiger partial charge on any atom is 0.151 e. The van der Waals surface area contributed by atoms with Crippen LogP contribution < -0.4 is 14.5 Å². The van der Waals surface area contributed by atoms with Crippen molar-refractivity contribution in [2.24, 2.45) is 0 Å². The summed E-state index contributed by atoms with van der Waals surface area (Å²) in [4.78, 5) is 4.63. The van der Waals surface area contributed by atoms with Crippen LogP contribution >= 0.6 is 0 Å². The molecule has 0 saturated heterocycles. The Hall–Kier alpha value is -8.40. The summed E-state index contributed by atoms with van der Waals surface area (Å²) in [5, 5.41) is 0. The molecule has 1 aliphatic rings. The Morgan fingerprint density at radius 2 is 0.556 bits per heavy atom. The third kappa shape index (κ3) is 7.54. The Morgan fingerprint density at radius 1 is 0.254 bits per heavy atom. The SMILES string of the molecule is c1ccc(-c2ccc(-c3ccc(N(c4ccc(-c5ccc(-c6ccccc6)cc5)cc4)c4ccc(-c5cccc(N6c7ccccc7Oc7ccccc76)c5)cc4)cc3)cc2)cc1. The van der Waals surface area contributed by atoms with Gasteiger partial charge < -0.3 is 14.5 Å². The molecule has 0 N–H and O–H groups in total. The number of anilines is 6. The van der Waals surface area contributed by atoms with Crippen molar-refractivity contribution < 1.29 is 4.74 Å². The zero-order valence-electron chi connectivity index (χ0n) is 34.6. The first-order valence-electron chi connectivity index (χ1n) is 21.4. The van der Waals surface area contributed by atoms with Crippen LogP contribution in [0, 0.1) is 0 Å². The summed E-state index contributed by atoms with van der Waals surface area (Å²) in [6.45, 7) is 0. The maximum absolute atomic E-state index is 6.30. The Balaban J connectivity index is 0.918. The molecule has 0 aromatic heterocycles. The van der Waals surface area contributed by atoms with Crippen LogP contribution in [0.5, 0.6) is 11.5 Å². The van der Waals surface area contributed by atoms with Crippen LogP contribution in [-0.2, 0) is 0 Å². The highest BCUT2D eigenvalue weighted by atomic mass is 16.5. The lowest BCUT2D eigenvalue weighted by molar-refractivity contribution is 0.477. The van der Waals surface area contributed by atoms with E-state index in [1.54, 1.807) is 0 Å². The zero-order chi connectivity index (χ0) is 42.0. The highest BCUT2D eigenvalue weighted by Gasteiger charge is 2.25. The van der Waals surface area contributed by atoms with E-state index in [9.17, 15) is 0 Å². The first-order chi connectivity index (χ1) is 31.2. The molecule has 10 aromatic rings. The molecule has 0 atom stereocenters. The second-order valence-corrected chi connectivity index (χ2v) is 15.8. The van der Waals surface area contributed by atoms with Crippen LogP contribution in [0.15, 0.2) is 255 Å². The van der Waals surface area contributed by atoms with Crippen LogP contribution in [0.4, 0.5) is 34.1 Å². The third-order valence-electron chi connectivity index (χ3n) is 11.9. The number of nitrogens with zero attached hydrogens (tertiary/aromatic N) is 2. The topological polar surface area (TPSA) is 15.7 Å². The summed E-state index contributed by atoms with van der Waals surface area (Å²) in [7, 11) is 0. The molecule has 10 aromatic carbocycles. The average Bonchev–Trinajstić information content (AvgIpc) is 3.37. The number of fused-ring (bicyclic) bond motifs is 2. The third-order valence-corrected chi connectivity index (χ3v) is 11.9. The molecule has 63 heavy (non-hydrogen) atoms. The van der Waals surface area contributed by atoms with Crippen molar-refractivity contribution in [2.45, 2.75) is 0 Å². The molecule has 0 unspecified atom stereocenters. The zero-order valence-corrected chi connectivity index (χ0v) is 34.6. The lowest BCUT2D eigenvalue weighted by atomic mass is 9.99. The van der Waals surface area contributed by atoms with Gasteiger partial charge in [-0.2, -0.15) is 0 Å². The number of ether oxygens (including phenoxy) is 1. The molecule has 0 aliphatic carbocycles. The van der Waals surface area contributed by atoms with Crippen molar-refractivity contribution >= 4 is 34.1 Å². The van der Waals surface area contributed by atoms with E-state index in [4.69, 9.17) is 4.74 Å². The van der Waals surface area contributed by atoms with E-state index in [-0.39, 0.29) is 0 Å². The van der Waals surface area contributed by atoms with Gasteiger partial charge in [-0.15, -0.1) is 0 Å². The van der Waals surface area contributed by atoms with E-state index in [1.165, 1.54) is 44.5 Å². The van der Waals surface area contributed by atoms with Crippen LogP contribution in [0.1, 0.15) is 0 Å². The van der Waals surface area contributed by atoms with Gasteiger partial charge in [0.2, 0.25) is 0 Å². The van der Waals surface area contributed by atoms with Crippen LogP contribution in [-0.4, -0.2) is 0 Å². The van der Waals surface area contributed by atoms with Gasteiger partial charge in [-0.05, 0) is 128 Å². The van der Waals surface area contributed by atoms with E-state index in [1.807, 2.05) is 24.3 Å². The molecule has 1 aliphatic heterocycles. The molecular weight excluding hydrogens is 765 g/mol. The van der Waals surface area contributed by atoms with Gasteiger partial charge in [-0.3, -0.25) is 0 Å². The summed E-state index contributed by atoms with van der Waals surface area (Å²) in [5.74, 6) is 1.68. The molecule has 298 valence electrons. The molecule has 0 radical (unpaired) electrons. The maximum atomic E-state index is 6.30. The fraction of sp³-hybridized carbons (Fsp3) is 0. The van der Waals surface area contributed by atoms with Gasteiger partial charge in [0.05, 0.1) is 11.4 Å². The lowest BCUT2D eigenvalue weighted by Gasteiger charge is -2.33. The summed E-state index contributed by atoms with van der Waals surface area (Å²) >= 11 is 0. The van der Waals surface area contributed by atoms with Crippen molar-refractivity contribution in [2.75, 3.05) is 9.80 Å². The van der Waals surface area contributed by atoms with Gasteiger partial charge in [0.25, 0.3) is 0 Å². The second kappa shape index (κ2) is 16.6. The van der Waals surface area contributed by atoms with Gasteiger partial charge in [-0.25, -0.2) is 0 Å². The Morgan fingerprint density at radius 3 is 0.952 bits per heavy atom. The average molecular weight is 807 g/mol. The summed E-state index contributed by atoms with van der Waals surface area (Å²) in [6.07, 6.45) is 0. The Kier molecular flexibility index (Phi) is 9.89. The van der Waals surface area contributed by atoms with Crippen molar-refractivity contribution in [1.29, 1.82) is 0 Å². The first kappa shape index (κ1) is 37.6. The number of rotatable bonds is 9. The van der Waals surface area contributed by atoms with Gasteiger partial charge in [0.15, 0.2) is 11.5 Å². The van der Waals surface area contributed by atoms with E-state index >= 15 is 0 Å². The molecule has 0 spiro atoms. The molecule has 11 rings (SSSR count). The van der Waals surface area contributed by atoms with E-state index in [0.717, 1.165) is 56.8 Å². The number of benzene rings is 10. The van der Waals surface area contributed by atoms with Crippen molar-refractivity contribution in [3.8, 4) is 67.1 Å². The van der Waals surface area contributed by atoms with Crippen molar-refractivity contribution in [3.05, 3.63) is 255 Å². The lowest BCUT2D eigenvalue weighted by Crippen LogP contribution is -2.15. The summed E-state index contributed by atoms with van der Waals surface area (Å²) in [6, 6.07) is 90.7. The highest BCUT2D eigenvalue weighted by Crippen LogP contribution is 2.50. The quantitative estimate of drug-likeness (QED) is 0.144. The van der Waals surface area contributed by atoms with E-state index in [2.05, 4.69) is 240 Å². The molecule has 0 saturated carbocycles. The largest absolute Gasteiger partial charge is 0.453 e. The van der Waals surface area contributed by atoms with E-state index in [0.29, 0.717) is 0 Å². The molecule has 0 amide bonds. The molecule has 0 bridgehead atoms. The minimum atomic E-state index is 0.842. The standard InChI is InChI=1S/C60H42N2O/c1-3-12-43(13-4-1)45-22-26-47(27-23-45)49-30-36-53(37-31-49)61(54-38-32-50(33-39-54)48-28-24-46(25-29-48)44-14-5-2-6-15-44)55-40-34-51(35-41-55)52-16-11-17-56(42-52)62-57-18-7-9-20-59(57)63-60-21-10-8-19-58(60)62/h1-42H. The monoisotopic (exact) mass is 806 g/mol. The predicted octanol–water partition coefficient (Wildman–Crippen LogP) is 17.1. The van der Waals surface area contributed by atoms with Gasteiger partial charge in [0.1, 0.15) is 0 Å². The fourth-order valence-electron chi connectivity index (χ4n) is 8.63. The van der Waals surface area contributed by atoms with Gasteiger partial charge in [0, 0.05) is 22.7 Å². The normalized spacial score (nSPS) is 11.6. The molecule has 3 heteroatoms. The Labute approximate surface area is 369 Å². The van der Waals surface area contributed by atoms with Crippen LogP contribution in [0.2, 0.25) is 0 Å². The Bertz CT molecular complexity index is 2970. The minimum absolute atomic E-state index is 0.842. The highest BCUT2D eigenvalue weighted by molar-refractivity contribution is 5.88. The molecule has 0 fully saturated rings. The first-order valence-corrected chi connectivity index (χ1v) is 21.4. The summed E-state index contributed by atoms with van der Waals surface area (Å²) < 4.78 is 6.30. The van der Waals surface area contributed by atoms with Crippen LogP contribution in [0.25, 0.3) is 55.6 Å². The number of hydrogen-bond acceptors (Lipinski definition) is 3. The molecular formula is C60H42N2O. The molecule has 3 nitrogen and oxygen atoms in total. The fourth-order valence-corrected chi connectivity index (χ4v) is 8.63. The number of para-hydroxylation sites is 4. The predicted molar refractivity (Wildman–Crippen MR) is 263 cm³/mol. The summed E-state index contributed by atoms with van der Waals surface area (Å²) in [5.41, 5.74) is 18.2. The molecule has 1 heterocycles. The smallest absolute Gasteiger partial charge is 0.151 e. The van der Waals surface area contributed by atoms with E-state index < -0.39 is 0 Å². The minimum Gasteiger partial charge on any atom is -0.453 e. The van der Waals surface area contributed by atoms with Crippen molar-refractivity contribution in [3.63, 3.8) is 0 Å². The number of hydrogen-bond donors (Lipinski definition) is 0. The van der Waals surface area contributed by atoms with Crippen LogP contribution in [0.3, 0.4) is 0 Å². The van der Waals surface area contributed by atoms with Gasteiger partial charge >= 0.3 is 0 Å². The van der Waals surface area contributed by atoms with Gasteiger partial charge in [-0.1, -0.05) is 182 Å².